The Labute approximate surface area is 123 Å². The van der Waals surface area contributed by atoms with Gasteiger partial charge < -0.3 is 10.6 Å². The highest BCUT2D eigenvalue weighted by molar-refractivity contribution is 6.30. The van der Waals surface area contributed by atoms with Crippen LogP contribution in [0.15, 0.2) is 24.3 Å². The third-order valence-corrected chi connectivity index (χ3v) is 3.78. The molecule has 1 aromatic rings. The predicted molar refractivity (Wildman–Crippen MR) is 78.7 cm³/mol. The molecular weight excluding hydrogens is 276 g/mol. The Morgan fingerprint density at radius 2 is 2.05 bits per heavy atom. The van der Waals surface area contributed by atoms with Crippen LogP contribution in [-0.2, 0) is 15.0 Å². The van der Waals surface area contributed by atoms with Crippen LogP contribution in [0, 0.1) is 0 Å². The molecule has 2 rings (SSSR count). The lowest BCUT2D eigenvalue weighted by atomic mass is 9.95. The van der Waals surface area contributed by atoms with Crippen molar-refractivity contribution < 1.29 is 9.59 Å². The summed E-state index contributed by atoms with van der Waals surface area (Å²) in [6, 6.07) is 7.37. The highest BCUT2D eigenvalue weighted by atomic mass is 35.5. The van der Waals surface area contributed by atoms with Gasteiger partial charge in [0, 0.05) is 11.6 Å². The van der Waals surface area contributed by atoms with E-state index in [0.29, 0.717) is 11.6 Å². The molecule has 0 aromatic heterocycles. The second-order valence-electron chi connectivity index (χ2n) is 5.13. The molecule has 4 nitrogen and oxygen atoms in total. The Kier molecular flexibility index (Phi) is 4.65. The lowest BCUT2D eigenvalue weighted by Gasteiger charge is -2.16. The zero-order chi connectivity index (χ0) is 14.6. The van der Waals surface area contributed by atoms with Crippen LogP contribution in [-0.4, -0.2) is 24.9 Å². The van der Waals surface area contributed by atoms with Crippen LogP contribution in [0.4, 0.5) is 0 Å². The Bertz CT molecular complexity index is 512. The molecule has 0 atom stereocenters. The highest BCUT2D eigenvalue weighted by Crippen LogP contribution is 2.48. The van der Waals surface area contributed by atoms with Gasteiger partial charge in [0.25, 0.3) is 0 Å². The lowest BCUT2D eigenvalue weighted by Crippen LogP contribution is -2.41. The zero-order valence-corrected chi connectivity index (χ0v) is 12.3. The van der Waals surface area contributed by atoms with E-state index in [-0.39, 0.29) is 18.4 Å². The van der Waals surface area contributed by atoms with Crippen LogP contribution in [0.2, 0.25) is 5.02 Å². The van der Waals surface area contributed by atoms with E-state index < -0.39 is 5.41 Å². The van der Waals surface area contributed by atoms with E-state index in [0.717, 1.165) is 24.8 Å². The predicted octanol–water partition coefficient (Wildman–Crippen LogP) is 2.01. The number of hydrogen-bond acceptors (Lipinski definition) is 2. The van der Waals surface area contributed by atoms with Gasteiger partial charge in [-0.3, -0.25) is 9.59 Å². The maximum Gasteiger partial charge on any atom is 0.239 e. The van der Waals surface area contributed by atoms with E-state index in [1.54, 1.807) is 6.07 Å². The van der Waals surface area contributed by atoms with Crippen LogP contribution < -0.4 is 10.6 Å². The van der Waals surface area contributed by atoms with Crippen LogP contribution in [0.3, 0.4) is 0 Å². The minimum atomic E-state index is -0.490. The Balaban J connectivity index is 1.94. The molecular formula is C15H19ClN2O2. The van der Waals surface area contributed by atoms with Gasteiger partial charge in [0.2, 0.25) is 11.8 Å². The van der Waals surface area contributed by atoms with Crippen molar-refractivity contribution in [2.45, 2.75) is 31.6 Å². The molecule has 2 N–H and O–H groups in total. The van der Waals surface area contributed by atoms with Gasteiger partial charge in [0.05, 0.1) is 12.0 Å². The number of amides is 2. The summed E-state index contributed by atoms with van der Waals surface area (Å²) in [7, 11) is 0. The van der Waals surface area contributed by atoms with Gasteiger partial charge in [-0.1, -0.05) is 30.7 Å². The number of carbonyl (C=O) groups excluding carboxylic acids is 2. The third-order valence-electron chi connectivity index (χ3n) is 3.54. The van der Waals surface area contributed by atoms with Crippen molar-refractivity contribution in [2.24, 2.45) is 0 Å². The smallest absolute Gasteiger partial charge is 0.239 e. The fourth-order valence-corrected chi connectivity index (χ4v) is 2.40. The van der Waals surface area contributed by atoms with Crippen molar-refractivity contribution >= 4 is 23.4 Å². The van der Waals surface area contributed by atoms with Gasteiger partial charge in [-0.15, -0.1) is 0 Å². The average Bonchev–Trinajstić information content (AvgIpc) is 3.24. The van der Waals surface area contributed by atoms with Gasteiger partial charge >= 0.3 is 0 Å². The van der Waals surface area contributed by atoms with Crippen molar-refractivity contribution in [3.8, 4) is 0 Å². The first kappa shape index (κ1) is 14.9. The molecule has 0 bridgehead atoms. The van der Waals surface area contributed by atoms with Gasteiger partial charge in [-0.05, 0) is 37.0 Å². The van der Waals surface area contributed by atoms with Crippen molar-refractivity contribution in [1.29, 1.82) is 0 Å². The van der Waals surface area contributed by atoms with E-state index in [2.05, 4.69) is 10.6 Å². The minimum Gasteiger partial charge on any atom is -0.355 e. The fraction of sp³-hybridized carbons (Fsp3) is 0.467. The van der Waals surface area contributed by atoms with Crippen LogP contribution in [0.1, 0.15) is 31.7 Å². The van der Waals surface area contributed by atoms with E-state index >= 15 is 0 Å². The van der Waals surface area contributed by atoms with Crippen molar-refractivity contribution in [3.05, 3.63) is 34.9 Å². The summed E-state index contributed by atoms with van der Waals surface area (Å²) in [4.78, 5) is 23.8. The van der Waals surface area contributed by atoms with Crippen molar-refractivity contribution in [2.75, 3.05) is 13.1 Å². The molecule has 1 aromatic carbocycles. The Hall–Kier alpha value is -1.55. The topological polar surface area (TPSA) is 58.2 Å². The van der Waals surface area contributed by atoms with Crippen LogP contribution >= 0.6 is 11.6 Å². The molecule has 0 aliphatic heterocycles. The summed E-state index contributed by atoms with van der Waals surface area (Å²) >= 11 is 5.97. The normalized spacial score (nSPS) is 15.5. The molecule has 1 fully saturated rings. The van der Waals surface area contributed by atoms with Crippen molar-refractivity contribution in [3.63, 3.8) is 0 Å². The number of halogens is 1. The molecule has 0 saturated heterocycles. The van der Waals surface area contributed by atoms with Gasteiger partial charge in [-0.2, -0.15) is 0 Å². The Morgan fingerprint density at radius 1 is 1.30 bits per heavy atom. The molecule has 1 aliphatic rings. The van der Waals surface area contributed by atoms with Gasteiger partial charge in [0.15, 0.2) is 0 Å². The fourth-order valence-electron chi connectivity index (χ4n) is 2.21. The molecule has 0 unspecified atom stereocenters. The summed E-state index contributed by atoms with van der Waals surface area (Å²) in [5, 5.41) is 6.08. The SMILES string of the molecule is CCCNC(=O)CNC(=O)C1(c2cccc(Cl)c2)CC1. The maximum atomic E-state index is 12.3. The third kappa shape index (κ3) is 3.31. The zero-order valence-electron chi connectivity index (χ0n) is 11.5. The lowest BCUT2D eigenvalue weighted by molar-refractivity contribution is -0.127. The summed E-state index contributed by atoms with van der Waals surface area (Å²) < 4.78 is 0. The van der Waals surface area contributed by atoms with E-state index in [1.807, 2.05) is 25.1 Å². The van der Waals surface area contributed by atoms with Crippen LogP contribution in [0.25, 0.3) is 0 Å². The second kappa shape index (κ2) is 6.27. The molecule has 20 heavy (non-hydrogen) atoms. The first-order valence-corrected chi connectivity index (χ1v) is 7.27. The van der Waals surface area contributed by atoms with E-state index in [9.17, 15) is 9.59 Å². The molecule has 108 valence electrons. The molecule has 1 saturated carbocycles. The second-order valence-corrected chi connectivity index (χ2v) is 5.56. The summed E-state index contributed by atoms with van der Waals surface area (Å²) in [6.45, 7) is 2.65. The number of benzene rings is 1. The molecule has 0 spiro atoms. The van der Waals surface area contributed by atoms with Crippen LogP contribution in [0.5, 0.6) is 0 Å². The standard InChI is InChI=1S/C15H19ClN2O2/c1-2-8-17-13(19)10-18-14(20)15(6-7-15)11-4-3-5-12(16)9-11/h3-5,9H,2,6-8,10H2,1H3,(H,17,19)(H,18,20). The van der Waals surface area contributed by atoms with Gasteiger partial charge in [0.1, 0.15) is 0 Å². The number of rotatable bonds is 6. The molecule has 0 heterocycles. The monoisotopic (exact) mass is 294 g/mol. The summed E-state index contributed by atoms with van der Waals surface area (Å²) in [5.41, 5.74) is 0.437. The first-order valence-electron chi connectivity index (χ1n) is 6.89. The van der Waals surface area contributed by atoms with E-state index in [1.165, 1.54) is 0 Å². The average molecular weight is 295 g/mol. The van der Waals surface area contributed by atoms with Gasteiger partial charge in [-0.25, -0.2) is 0 Å². The molecule has 5 heteroatoms. The number of carbonyl (C=O) groups is 2. The summed E-state index contributed by atoms with van der Waals surface area (Å²) in [6.07, 6.45) is 2.48. The highest BCUT2D eigenvalue weighted by Gasteiger charge is 2.51. The number of nitrogens with one attached hydrogen (secondary N) is 2. The minimum absolute atomic E-state index is 0.0289. The first-order chi connectivity index (χ1) is 9.58. The van der Waals surface area contributed by atoms with E-state index in [4.69, 9.17) is 11.6 Å². The van der Waals surface area contributed by atoms with Crippen molar-refractivity contribution in [1.82, 2.24) is 10.6 Å². The quantitative estimate of drug-likeness (QED) is 0.843. The molecule has 1 aliphatic carbocycles. The number of hydrogen-bond donors (Lipinski definition) is 2. The maximum absolute atomic E-state index is 12.3. The Morgan fingerprint density at radius 3 is 2.65 bits per heavy atom. The summed E-state index contributed by atoms with van der Waals surface area (Å²) in [5.74, 6) is -0.242. The molecule has 2 amide bonds. The largest absolute Gasteiger partial charge is 0.355 e. The molecule has 0 radical (unpaired) electrons.